The number of aromatic nitrogens is 1. The van der Waals surface area contributed by atoms with Gasteiger partial charge in [-0.25, -0.2) is 0 Å². The second-order valence-corrected chi connectivity index (χ2v) is 5.27. The molecule has 0 spiro atoms. The first-order valence-corrected chi connectivity index (χ1v) is 7.78. The highest BCUT2D eigenvalue weighted by Crippen LogP contribution is 2.29. The highest BCUT2D eigenvalue weighted by molar-refractivity contribution is 5.93. The maximum absolute atomic E-state index is 12.0. The number of carbonyl (C=O) groups is 1. The second-order valence-electron chi connectivity index (χ2n) is 5.27. The van der Waals surface area contributed by atoms with Gasteiger partial charge in [0.2, 0.25) is 11.7 Å². The molecule has 0 unspecified atom stereocenters. The van der Waals surface area contributed by atoms with Crippen LogP contribution in [0, 0.1) is 0 Å². The first kappa shape index (κ1) is 17.6. The van der Waals surface area contributed by atoms with Crippen molar-refractivity contribution in [2.45, 2.75) is 6.61 Å². The number of hydrogen-bond donors (Lipinski definition) is 1. The Balaban J connectivity index is 1.50. The fourth-order valence-electron chi connectivity index (χ4n) is 2.25. The molecular formula is C18H18N2O6. The molecule has 3 rings (SSSR count). The molecule has 1 aromatic carbocycles. The zero-order valence-corrected chi connectivity index (χ0v) is 14.4. The SMILES string of the molecule is COc1ccc(NC(=O)COCc2cc(-c3ccco3)on2)c(OC)c1. The van der Waals surface area contributed by atoms with E-state index in [1.54, 1.807) is 49.8 Å². The second kappa shape index (κ2) is 8.21. The van der Waals surface area contributed by atoms with Gasteiger partial charge < -0.3 is 28.5 Å². The minimum atomic E-state index is -0.316. The summed E-state index contributed by atoms with van der Waals surface area (Å²) in [4.78, 5) is 12.0. The molecule has 0 fully saturated rings. The van der Waals surface area contributed by atoms with Crippen LogP contribution in [0.2, 0.25) is 0 Å². The van der Waals surface area contributed by atoms with Gasteiger partial charge in [-0.2, -0.15) is 0 Å². The summed E-state index contributed by atoms with van der Waals surface area (Å²) in [6.45, 7) is -0.00446. The smallest absolute Gasteiger partial charge is 0.250 e. The van der Waals surface area contributed by atoms with Crippen LogP contribution < -0.4 is 14.8 Å². The normalized spacial score (nSPS) is 10.5. The molecule has 26 heavy (non-hydrogen) atoms. The molecule has 0 saturated heterocycles. The van der Waals surface area contributed by atoms with Crippen molar-refractivity contribution in [1.82, 2.24) is 5.16 Å². The third kappa shape index (κ3) is 4.22. The van der Waals surface area contributed by atoms with Crippen molar-refractivity contribution in [2.24, 2.45) is 0 Å². The molecule has 0 aliphatic carbocycles. The molecule has 2 aromatic heterocycles. The summed E-state index contributed by atoms with van der Waals surface area (Å²) in [7, 11) is 3.07. The summed E-state index contributed by atoms with van der Waals surface area (Å²) < 4.78 is 26.1. The quantitative estimate of drug-likeness (QED) is 0.661. The highest BCUT2D eigenvalue weighted by Gasteiger charge is 2.11. The molecule has 3 aromatic rings. The number of benzene rings is 1. The molecule has 2 heterocycles. The van der Waals surface area contributed by atoms with E-state index in [1.807, 2.05) is 0 Å². The van der Waals surface area contributed by atoms with E-state index in [0.717, 1.165) is 0 Å². The number of furan rings is 1. The standard InChI is InChI=1S/C18H18N2O6/c1-22-13-5-6-14(16(9-13)23-2)19-18(21)11-24-10-12-8-17(26-20-12)15-4-3-7-25-15/h3-9H,10-11H2,1-2H3,(H,19,21). The van der Waals surface area contributed by atoms with Crippen molar-refractivity contribution in [3.05, 3.63) is 48.4 Å². The number of ether oxygens (including phenoxy) is 3. The molecular weight excluding hydrogens is 340 g/mol. The van der Waals surface area contributed by atoms with Crippen molar-refractivity contribution in [3.63, 3.8) is 0 Å². The summed E-state index contributed by atoms with van der Waals surface area (Å²) in [5.41, 5.74) is 1.09. The summed E-state index contributed by atoms with van der Waals surface area (Å²) in [5, 5.41) is 6.60. The number of nitrogens with zero attached hydrogens (tertiary/aromatic N) is 1. The van der Waals surface area contributed by atoms with Crippen LogP contribution >= 0.6 is 0 Å². The molecule has 8 nitrogen and oxygen atoms in total. The Kier molecular flexibility index (Phi) is 5.55. The molecule has 0 aliphatic heterocycles. The third-order valence-corrected chi connectivity index (χ3v) is 3.49. The Morgan fingerprint density at radius 2 is 2.04 bits per heavy atom. The molecule has 0 radical (unpaired) electrons. The molecule has 0 aliphatic rings. The predicted molar refractivity (Wildman–Crippen MR) is 92.0 cm³/mol. The van der Waals surface area contributed by atoms with Gasteiger partial charge in [0.25, 0.3) is 0 Å². The lowest BCUT2D eigenvalue weighted by Gasteiger charge is -2.11. The third-order valence-electron chi connectivity index (χ3n) is 3.49. The number of rotatable bonds is 8. The average Bonchev–Trinajstić information content (AvgIpc) is 3.33. The van der Waals surface area contributed by atoms with Crippen LogP contribution in [-0.4, -0.2) is 31.9 Å². The fourth-order valence-corrected chi connectivity index (χ4v) is 2.25. The van der Waals surface area contributed by atoms with Crippen LogP contribution in [0.25, 0.3) is 11.5 Å². The number of carbonyl (C=O) groups excluding carboxylic acids is 1. The minimum Gasteiger partial charge on any atom is -0.497 e. The Labute approximate surface area is 149 Å². The van der Waals surface area contributed by atoms with Gasteiger partial charge in [-0.15, -0.1) is 0 Å². The summed E-state index contributed by atoms with van der Waals surface area (Å²) in [5.74, 6) is 1.89. The largest absolute Gasteiger partial charge is 0.497 e. The van der Waals surface area contributed by atoms with Crippen molar-refractivity contribution in [2.75, 3.05) is 26.1 Å². The number of methoxy groups -OCH3 is 2. The van der Waals surface area contributed by atoms with Gasteiger partial charge in [0.05, 0.1) is 32.8 Å². The van der Waals surface area contributed by atoms with Gasteiger partial charge in [-0.3, -0.25) is 4.79 Å². The van der Waals surface area contributed by atoms with E-state index in [4.69, 9.17) is 23.2 Å². The lowest BCUT2D eigenvalue weighted by atomic mass is 10.2. The monoisotopic (exact) mass is 358 g/mol. The minimum absolute atomic E-state index is 0.136. The predicted octanol–water partition coefficient (Wildman–Crippen LogP) is 3.11. The highest BCUT2D eigenvalue weighted by atomic mass is 16.5. The number of anilines is 1. The van der Waals surface area contributed by atoms with Crippen LogP contribution in [0.3, 0.4) is 0 Å². The van der Waals surface area contributed by atoms with E-state index in [1.165, 1.54) is 7.11 Å². The van der Waals surface area contributed by atoms with E-state index in [9.17, 15) is 4.79 Å². The van der Waals surface area contributed by atoms with Gasteiger partial charge in [-0.1, -0.05) is 5.16 Å². The van der Waals surface area contributed by atoms with Crippen molar-refractivity contribution < 1.29 is 27.9 Å². The van der Waals surface area contributed by atoms with Gasteiger partial charge in [0.1, 0.15) is 23.8 Å². The van der Waals surface area contributed by atoms with Crippen molar-refractivity contribution in [1.29, 1.82) is 0 Å². The summed E-state index contributed by atoms with van der Waals surface area (Å²) >= 11 is 0. The van der Waals surface area contributed by atoms with Crippen LogP contribution in [-0.2, 0) is 16.1 Å². The van der Waals surface area contributed by atoms with Crippen LogP contribution in [0.4, 0.5) is 5.69 Å². The molecule has 0 atom stereocenters. The lowest BCUT2D eigenvalue weighted by Crippen LogP contribution is -2.18. The topological polar surface area (TPSA) is 96.0 Å². The van der Waals surface area contributed by atoms with Gasteiger partial charge in [-0.05, 0) is 24.3 Å². The number of amides is 1. The van der Waals surface area contributed by atoms with E-state index >= 15 is 0 Å². The number of nitrogens with one attached hydrogen (secondary N) is 1. The fraction of sp³-hybridized carbons (Fsp3) is 0.222. The molecule has 136 valence electrons. The lowest BCUT2D eigenvalue weighted by molar-refractivity contribution is -0.121. The first-order chi connectivity index (χ1) is 12.7. The maximum atomic E-state index is 12.0. The number of hydrogen-bond acceptors (Lipinski definition) is 7. The van der Waals surface area contributed by atoms with E-state index in [-0.39, 0.29) is 19.1 Å². The van der Waals surface area contributed by atoms with Crippen molar-refractivity contribution >= 4 is 11.6 Å². The first-order valence-electron chi connectivity index (χ1n) is 7.78. The summed E-state index contributed by atoms with van der Waals surface area (Å²) in [6, 6.07) is 10.3. The van der Waals surface area contributed by atoms with Crippen LogP contribution in [0.1, 0.15) is 5.69 Å². The van der Waals surface area contributed by atoms with Gasteiger partial charge in [0.15, 0.2) is 5.76 Å². The van der Waals surface area contributed by atoms with E-state index in [0.29, 0.717) is 34.4 Å². The molecule has 1 N–H and O–H groups in total. The van der Waals surface area contributed by atoms with E-state index < -0.39 is 0 Å². The van der Waals surface area contributed by atoms with Crippen LogP contribution in [0.15, 0.2) is 51.6 Å². The Bertz CT molecular complexity index is 856. The van der Waals surface area contributed by atoms with Crippen molar-refractivity contribution in [3.8, 4) is 23.0 Å². The van der Waals surface area contributed by atoms with E-state index in [2.05, 4.69) is 10.5 Å². The Hall–Kier alpha value is -3.26. The van der Waals surface area contributed by atoms with Gasteiger partial charge >= 0.3 is 0 Å². The Morgan fingerprint density at radius 3 is 2.77 bits per heavy atom. The summed E-state index contributed by atoms with van der Waals surface area (Å²) in [6.07, 6.45) is 1.55. The molecule has 1 amide bonds. The zero-order valence-electron chi connectivity index (χ0n) is 14.4. The molecule has 0 saturated carbocycles. The Morgan fingerprint density at radius 1 is 1.15 bits per heavy atom. The average molecular weight is 358 g/mol. The maximum Gasteiger partial charge on any atom is 0.250 e. The molecule has 8 heteroatoms. The zero-order chi connectivity index (χ0) is 18.4. The van der Waals surface area contributed by atoms with Gasteiger partial charge in [0, 0.05) is 12.1 Å². The molecule has 0 bridgehead atoms. The van der Waals surface area contributed by atoms with Crippen LogP contribution in [0.5, 0.6) is 11.5 Å².